The Morgan fingerprint density at radius 1 is 1.27 bits per heavy atom. The van der Waals surface area contributed by atoms with E-state index in [0.29, 0.717) is 0 Å². The van der Waals surface area contributed by atoms with Crippen LogP contribution in [0.2, 0.25) is 0 Å². The van der Waals surface area contributed by atoms with Crippen LogP contribution in [-0.4, -0.2) is 20.7 Å². The molecule has 1 aromatic carbocycles. The Balaban J connectivity index is 2.01. The summed E-state index contributed by atoms with van der Waals surface area (Å²) in [6.45, 7) is 1.94. The van der Waals surface area contributed by atoms with Gasteiger partial charge in [-0.3, -0.25) is 15.1 Å². The van der Waals surface area contributed by atoms with Gasteiger partial charge in [-0.2, -0.15) is 0 Å². The molecule has 0 unspecified atom stereocenters. The van der Waals surface area contributed by atoms with Crippen molar-refractivity contribution in [3.8, 4) is 0 Å². The number of nitrogens with one attached hydrogen (secondary N) is 1. The highest BCUT2D eigenvalue weighted by molar-refractivity contribution is 5.91. The second-order valence-corrected chi connectivity index (χ2v) is 4.91. The highest BCUT2D eigenvalue weighted by Crippen LogP contribution is 2.23. The number of aliphatic carboxylic acids is 1. The molecule has 0 bridgehead atoms. The smallest absolute Gasteiger partial charge is 0.328 e. The summed E-state index contributed by atoms with van der Waals surface area (Å²) in [6.07, 6.45) is 4.50. The minimum absolute atomic E-state index is 0.751. The molecule has 110 valence electrons. The number of para-hydroxylation sites is 1. The van der Waals surface area contributed by atoms with E-state index >= 15 is 0 Å². The maximum Gasteiger partial charge on any atom is 0.328 e. The zero-order valence-electron chi connectivity index (χ0n) is 12.0. The number of carboxylic acid groups (broad SMARTS) is 1. The quantitative estimate of drug-likeness (QED) is 0.724. The molecule has 5 nitrogen and oxygen atoms in total. The number of anilines is 1. The fraction of sp³-hybridized carbons (Fsp3) is 0.0588. The van der Waals surface area contributed by atoms with E-state index in [9.17, 15) is 4.79 Å². The second-order valence-electron chi connectivity index (χ2n) is 4.91. The van der Waals surface area contributed by atoms with Crippen molar-refractivity contribution in [1.82, 2.24) is 9.66 Å². The van der Waals surface area contributed by atoms with Crippen LogP contribution >= 0.6 is 0 Å². The summed E-state index contributed by atoms with van der Waals surface area (Å²) in [4.78, 5) is 15.2. The minimum atomic E-state index is -0.974. The van der Waals surface area contributed by atoms with Crippen LogP contribution in [0.3, 0.4) is 0 Å². The first-order chi connectivity index (χ1) is 10.6. The molecule has 2 heterocycles. The average molecular weight is 293 g/mol. The standard InChI is InChI=1S/C17H15N3O2/c1-12-11-16(14-6-2-3-7-15(14)18-12)19-20-10-4-5-13(20)8-9-17(21)22/h2-11H,1H3,(H,18,19)(H,21,22)/b9-8+. The number of carboxylic acids is 1. The third kappa shape index (κ3) is 2.83. The number of hydrogen-bond acceptors (Lipinski definition) is 3. The van der Waals surface area contributed by atoms with Crippen LogP contribution in [0.15, 0.2) is 54.7 Å². The Labute approximate surface area is 127 Å². The molecule has 0 fully saturated rings. The second kappa shape index (κ2) is 5.73. The van der Waals surface area contributed by atoms with Crippen LogP contribution in [0, 0.1) is 6.92 Å². The van der Waals surface area contributed by atoms with Gasteiger partial charge in [-0.1, -0.05) is 18.2 Å². The summed E-state index contributed by atoms with van der Waals surface area (Å²) in [5, 5.41) is 9.76. The predicted molar refractivity (Wildman–Crippen MR) is 86.6 cm³/mol. The van der Waals surface area contributed by atoms with Crippen LogP contribution in [-0.2, 0) is 4.79 Å². The lowest BCUT2D eigenvalue weighted by atomic mass is 10.1. The third-order valence-corrected chi connectivity index (χ3v) is 3.26. The van der Waals surface area contributed by atoms with Gasteiger partial charge in [0.25, 0.3) is 0 Å². The molecule has 0 amide bonds. The van der Waals surface area contributed by atoms with Crippen molar-refractivity contribution in [3.63, 3.8) is 0 Å². The normalized spacial score (nSPS) is 11.1. The molecule has 22 heavy (non-hydrogen) atoms. The SMILES string of the molecule is Cc1cc(Nn2cccc2/C=C/C(=O)O)c2ccccc2n1. The predicted octanol–water partition coefficient (Wildman–Crippen LogP) is 3.32. The van der Waals surface area contributed by atoms with E-state index in [1.165, 1.54) is 0 Å². The van der Waals surface area contributed by atoms with Crippen molar-refractivity contribution in [2.75, 3.05) is 5.43 Å². The molecule has 2 N–H and O–H groups in total. The summed E-state index contributed by atoms with van der Waals surface area (Å²) in [5.41, 5.74) is 6.79. The van der Waals surface area contributed by atoms with Gasteiger partial charge in [0.1, 0.15) is 0 Å². The molecular formula is C17H15N3O2. The Morgan fingerprint density at radius 2 is 2.09 bits per heavy atom. The topological polar surface area (TPSA) is 67.2 Å². The number of carbonyl (C=O) groups is 1. The van der Waals surface area contributed by atoms with E-state index in [4.69, 9.17) is 5.11 Å². The first kappa shape index (κ1) is 13.9. The zero-order chi connectivity index (χ0) is 15.5. The Bertz CT molecular complexity index is 865. The molecule has 0 aliphatic carbocycles. The van der Waals surface area contributed by atoms with Crippen molar-refractivity contribution in [3.05, 3.63) is 66.1 Å². The maximum atomic E-state index is 10.7. The maximum absolute atomic E-state index is 10.7. The van der Waals surface area contributed by atoms with Crippen LogP contribution in [0.5, 0.6) is 0 Å². The van der Waals surface area contributed by atoms with Crippen molar-refractivity contribution in [1.29, 1.82) is 0 Å². The lowest BCUT2D eigenvalue weighted by Gasteiger charge is -2.13. The molecule has 0 aliphatic heterocycles. The molecule has 0 saturated carbocycles. The number of pyridine rings is 1. The summed E-state index contributed by atoms with van der Waals surface area (Å²) in [7, 11) is 0. The fourth-order valence-electron chi connectivity index (χ4n) is 2.32. The number of fused-ring (bicyclic) bond motifs is 1. The summed E-state index contributed by atoms with van der Waals surface area (Å²) < 4.78 is 1.78. The van der Waals surface area contributed by atoms with E-state index in [1.807, 2.05) is 55.6 Å². The largest absolute Gasteiger partial charge is 0.478 e. The van der Waals surface area contributed by atoms with Crippen molar-refractivity contribution < 1.29 is 9.90 Å². The highest BCUT2D eigenvalue weighted by Gasteiger charge is 2.05. The van der Waals surface area contributed by atoms with Gasteiger partial charge in [-0.05, 0) is 37.3 Å². The number of aryl methyl sites for hydroxylation is 1. The first-order valence-electron chi connectivity index (χ1n) is 6.85. The number of hydrogen-bond donors (Lipinski definition) is 2. The fourth-order valence-corrected chi connectivity index (χ4v) is 2.32. The van der Waals surface area contributed by atoms with Crippen molar-refractivity contribution in [2.24, 2.45) is 0 Å². The van der Waals surface area contributed by atoms with Gasteiger partial charge in [0, 0.05) is 23.4 Å². The van der Waals surface area contributed by atoms with Crippen LogP contribution < -0.4 is 5.43 Å². The molecule has 0 aliphatic rings. The van der Waals surface area contributed by atoms with Crippen molar-refractivity contribution >= 4 is 28.6 Å². The molecule has 3 aromatic rings. The van der Waals surface area contributed by atoms with Gasteiger partial charge in [-0.15, -0.1) is 0 Å². The first-order valence-corrected chi connectivity index (χ1v) is 6.85. The number of rotatable bonds is 4. The summed E-state index contributed by atoms with van der Waals surface area (Å²) >= 11 is 0. The zero-order valence-corrected chi connectivity index (χ0v) is 12.0. The van der Waals surface area contributed by atoms with E-state index in [-0.39, 0.29) is 0 Å². The molecule has 5 heteroatoms. The van der Waals surface area contributed by atoms with Gasteiger partial charge in [0.15, 0.2) is 0 Å². The summed E-state index contributed by atoms with van der Waals surface area (Å²) in [6, 6.07) is 13.5. The van der Waals surface area contributed by atoms with Crippen LogP contribution in [0.25, 0.3) is 17.0 Å². The van der Waals surface area contributed by atoms with E-state index in [1.54, 1.807) is 10.8 Å². The van der Waals surface area contributed by atoms with Gasteiger partial charge in [0.05, 0.1) is 16.9 Å². The molecule has 2 aromatic heterocycles. The molecule has 3 rings (SSSR count). The molecular weight excluding hydrogens is 278 g/mol. The molecule has 0 spiro atoms. The van der Waals surface area contributed by atoms with E-state index in [0.717, 1.165) is 34.1 Å². The van der Waals surface area contributed by atoms with Gasteiger partial charge >= 0.3 is 5.97 Å². The Kier molecular flexibility index (Phi) is 3.62. The third-order valence-electron chi connectivity index (χ3n) is 3.26. The van der Waals surface area contributed by atoms with Gasteiger partial charge in [0.2, 0.25) is 0 Å². The lowest BCUT2D eigenvalue weighted by Crippen LogP contribution is -2.10. The van der Waals surface area contributed by atoms with E-state index < -0.39 is 5.97 Å². The molecule has 0 radical (unpaired) electrons. The van der Waals surface area contributed by atoms with E-state index in [2.05, 4.69) is 10.4 Å². The monoisotopic (exact) mass is 293 g/mol. The molecule has 0 atom stereocenters. The van der Waals surface area contributed by atoms with Crippen molar-refractivity contribution in [2.45, 2.75) is 6.92 Å². The molecule has 0 saturated heterocycles. The van der Waals surface area contributed by atoms with Gasteiger partial charge in [-0.25, -0.2) is 4.79 Å². The number of nitrogens with zero attached hydrogens (tertiary/aromatic N) is 2. The minimum Gasteiger partial charge on any atom is -0.478 e. The van der Waals surface area contributed by atoms with Gasteiger partial charge < -0.3 is 5.11 Å². The van der Waals surface area contributed by atoms with Crippen LogP contribution in [0.4, 0.5) is 5.69 Å². The summed E-state index contributed by atoms with van der Waals surface area (Å²) in [5.74, 6) is -0.974. The lowest BCUT2D eigenvalue weighted by molar-refractivity contribution is -0.131. The Hall–Kier alpha value is -3.08. The Morgan fingerprint density at radius 3 is 2.91 bits per heavy atom. The average Bonchev–Trinajstić information content (AvgIpc) is 2.92. The highest BCUT2D eigenvalue weighted by atomic mass is 16.4. The number of benzene rings is 1. The van der Waals surface area contributed by atoms with Crippen LogP contribution in [0.1, 0.15) is 11.4 Å². The number of aromatic nitrogens is 2.